The third-order valence-electron chi connectivity index (χ3n) is 7.22. The van der Waals surface area contributed by atoms with E-state index in [1.165, 1.54) is 58.5 Å². The summed E-state index contributed by atoms with van der Waals surface area (Å²) in [5.41, 5.74) is 3.35. The van der Waals surface area contributed by atoms with E-state index in [0.717, 1.165) is 23.1 Å². The Morgan fingerprint density at radius 2 is 1.34 bits per heavy atom. The van der Waals surface area contributed by atoms with E-state index >= 15 is 0 Å². The third-order valence-corrected chi connectivity index (χ3v) is 7.22. The summed E-state index contributed by atoms with van der Waals surface area (Å²) in [5, 5.41) is 0. The monoisotopic (exact) mass is 557 g/mol. The molecular formula is C32H32FN3O5. The van der Waals surface area contributed by atoms with Crippen LogP contribution >= 0.6 is 0 Å². The van der Waals surface area contributed by atoms with Gasteiger partial charge in [0.05, 0.1) is 19.8 Å². The minimum Gasteiger partial charge on any atom is -0.486 e. The number of hydrogen-bond donors (Lipinski definition) is 0. The Hall–Kier alpha value is -4.53. The molecule has 5 rings (SSSR count). The van der Waals surface area contributed by atoms with E-state index in [1.54, 1.807) is 36.4 Å². The molecule has 0 saturated heterocycles. The molecule has 0 bridgehead atoms. The van der Waals surface area contributed by atoms with Gasteiger partial charge in [-0.3, -0.25) is 0 Å². The van der Waals surface area contributed by atoms with E-state index in [4.69, 9.17) is 18.9 Å². The van der Waals surface area contributed by atoms with Crippen LogP contribution in [0, 0.1) is 11.7 Å². The highest BCUT2D eigenvalue weighted by molar-refractivity contribution is 5.90. The minimum atomic E-state index is -0.637. The van der Waals surface area contributed by atoms with E-state index in [0.29, 0.717) is 17.2 Å². The molecule has 8 nitrogen and oxygen atoms in total. The molecule has 1 atom stereocenters. The molecule has 0 aliphatic heterocycles. The normalized spacial score (nSPS) is 14.2. The Labute approximate surface area is 238 Å². The summed E-state index contributed by atoms with van der Waals surface area (Å²) >= 11 is 0. The zero-order valence-corrected chi connectivity index (χ0v) is 23.1. The average molecular weight is 558 g/mol. The molecule has 212 valence electrons. The molecule has 41 heavy (non-hydrogen) atoms. The van der Waals surface area contributed by atoms with Gasteiger partial charge in [-0.25, -0.2) is 9.18 Å². The first-order valence-corrected chi connectivity index (χ1v) is 13.7. The smallest absolute Gasteiger partial charge is 0.345 e. The second kappa shape index (κ2) is 13.2. The lowest BCUT2D eigenvalue weighted by molar-refractivity contribution is 0.0716. The van der Waals surface area contributed by atoms with Gasteiger partial charge in [-0.1, -0.05) is 68.5 Å². The highest BCUT2D eigenvalue weighted by Crippen LogP contribution is 2.35. The molecule has 1 aliphatic carbocycles. The molecule has 3 aromatic carbocycles. The molecule has 1 aromatic heterocycles. The SMILES string of the molecule is COc1nc(OC)nc(OC(=O)c2ccc(O[C@@H](CC3CCCCC3)c3ccc(-c4ccc(F)cc4)cc3)cc2)n1. The van der Waals surface area contributed by atoms with Gasteiger partial charge in [0.15, 0.2) is 0 Å². The van der Waals surface area contributed by atoms with Crippen molar-refractivity contribution in [3.05, 3.63) is 89.7 Å². The van der Waals surface area contributed by atoms with Crippen molar-refractivity contribution in [3.8, 4) is 34.9 Å². The lowest BCUT2D eigenvalue weighted by Gasteiger charge is -2.27. The molecule has 0 unspecified atom stereocenters. The molecule has 1 heterocycles. The molecule has 0 spiro atoms. The van der Waals surface area contributed by atoms with Gasteiger partial charge in [0.2, 0.25) is 0 Å². The first-order valence-electron chi connectivity index (χ1n) is 13.7. The fourth-order valence-corrected chi connectivity index (χ4v) is 5.03. The van der Waals surface area contributed by atoms with Crippen LogP contribution in [-0.4, -0.2) is 35.1 Å². The van der Waals surface area contributed by atoms with E-state index in [2.05, 4.69) is 27.1 Å². The largest absolute Gasteiger partial charge is 0.486 e. The molecule has 0 radical (unpaired) electrons. The highest BCUT2D eigenvalue weighted by atomic mass is 19.1. The number of methoxy groups -OCH3 is 2. The van der Waals surface area contributed by atoms with Crippen molar-refractivity contribution in [1.82, 2.24) is 15.0 Å². The zero-order chi connectivity index (χ0) is 28.6. The van der Waals surface area contributed by atoms with Crippen molar-refractivity contribution >= 4 is 5.97 Å². The van der Waals surface area contributed by atoms with Gasteiger partial charge >= 0.3 is 24.0 Å². The third kappa shape index (κ3) is 7.36. The van der Waals surface area contributed by atoms with E-state index < -0.39 is 5.97 Å². The molecule has 1 aliphatic rings. The number of rotatable bonds is 10. The molecule has 0 amide bonds. The molecule has 4 aromatic rings. The minimum absolute atomic E-state index is 0.0295. The summed E-state index contributed by atoms with van der Waals surface area (Å²) in [6.07, 6.45) is 6.94. The average Bonchev–Trinajstić information content (AvgIpc) is 3.02. The predicted molar refractivity (Wildman–Crippen MR) is 151 cm³/mol. The van der Waals surface area contributed by atoms with Crippen LogP contribution in [0.2, 0.25) is 0 Å². The number of carbonyl (C=O) groups excluding carboxylic acids is 1. The van der Waals surface area contributed by atoms with Crippen LogP contribution in [0.1, 0.15) is 60.6 Å². The van der Waals surface area contributed by atoms with Gasteiger partial charge in [0.25, 0.3) is 0 Å². The molecule has 1 saturated carbocycles. The first-order chi connectivity index (χ1) is 20.0. The Morgan fingerprint density at radius 1 is 0.780 bits per heavy atom. The number of esters is 1. The second-order valence-electron chi connectivity index (χ2n) is 9.98. The summed E-state index contributed by atoms with van der Waals surface area (Å²) in [6, 6.07) is 21.3. The molecular weight excluding hydrogens is 525 g/mol. The van der Waals surface area contributed by atoms with E-state index in [-0.39, 0.29) is 30.0 Å². The standard InChI is InChI=1S/C32H32FN3O5/c1-38-30-34-31(39-2)36-32(35-30)41-29(37)25-14-18-27(19-15-25)40-28(20-21-6-4-3-5-7-21)24-10-8-22(9-11-24)23-12-16-26(33)17-13-23/h8-19,21,28H,3-7,20H2,1-2H3/t28-/m0/s1. The van der Waals surface area contributed by atoms with Crippen LogP contribution in [0.15, 0.2) is 72.8 Å². The van der Waals surface area contributed by atoms with Crippen molar-refractivity contribution in [1.29, 1.82) is 0 Å². The quantitative estimate of drug-likeness (QED) is 0.192. The summed E-state index contributed by atoms with van der Waals surface area (Å²) < 4.78 is 35.2. The maximum atomic E-state index is 13.4. The van der Waals surface area contributed by atoms with Crippen molar-refractivity contribution in [3.63, 3.8) is 0 Å². The number of hydrogen-bond acceptors (Lipinski definition) is 8. The Bertz CT molecular complexity index is 1420. The number of carbonyl (C=O) groups is 1. The highest BCUT2D eigenvalue weighted by Gasteiger charge is 2.22. The second-order valence-corrected chi connectivity index (χ2v) is 9.98. The maximum absolute atomic E-state index is 13.4. The summed E-state index contributed by atoms with van der Waals surface area (Å²) in [7, 11) is 2.78. The van der Waals surface area contributed by atoms with Crippen LogP contribution in [0.3, 0.4) is 0 Å². The molecule has 1 fully saturated rings. The van der Waals surface area contributed by atoms with Crippen molar-refractivity contribution in [2.75, 3.05) is 14.2 Å². The summed E-state index contributed by atoms with van der Waals surface area (Å²) in [5.74, 6) is 0.348. The fraction of sp³-hybridized carbons (Fsp3) is 0.312. The number of nitrogens with zero attached hydrogens (tertiary/aromatic N) is 3. The van der Waals surface area contributed by atoms with E-state index in [1.807, 2.05) is 12.1 Å². The fourth-order valence-electron chi connectivity index (χ4n) is 5.03. The van der Waals surface area contributed by atoms with Gasteiger partial charge in [-0.15, -0.1) is 15.0 Å². The van der Waals surface area contributed by atoms with E-state index in [9.17, 15) is 9.18 Å². The van der Waals surface area contributed by atoms with Crippen molar-refractivity contribution in [2.45, 2.75) is 44.6 Å². The predicted octanol–water partition coefficient (Wildman–Crippen LogP) is 7.00. The van der Waals surface area contributed by atoms with Crippen LogP contribution in [0.25, 0.3) is 11.1 Å². The van der Waals surface area contributed by atoms with Crippen molar-refractivity contribution < 1.29 is 28.1 Å². The topological polar surface area (TPSA) is 92.7 Å². The van der Waals surface area contributed by atoms with Crippen LogP contribution < -0.4 is 18.9 Å². The van der Waals surface area contributed by atoms with Crippen LogP contribution in [0.4, 0.5) is 4.39 Å². The van der Waals surface area contributed by atoms with Gasteiger partial charge in [0, 0.05) is 0 Å². The number of ether oxygens (including phenoxy) is 4. The van der Waals surface area contributed by atoms with Crippen molar-refractivity contribution in [2.24, 2.45) is 5.92 Å². The Kier molecular flexibility index (Phi) is 9.03. The summed E-state index contributed by atoms with van der Waals surface area (Å²) in [6.45, 7) is 0. The number of benzene rings is 3. The van der Waals surface area contributed by atoms with Crippen LogP contribution in [0.5, 0.6) is 23.8 Å². The van der Waals surface area contributed by atoms with Gasteiger partial charge in [0.1, 0.15) is 17.7 Å². The number of aromatic nitrogens is 3. The van der Waals surface area contributed by atoms with Crippen LogP contribution in [-0.2, 0) is 0 Å². The van der Waals surface area contributed by atoms with Gasteiger partial charge in [-0.05, 0) is 65.4 Å². The molecule has 0 N–H and O–H groups in total. The Balaban J connectivity index is 1.30. The number of halogens is 1. The maximum Gasteiger partial charge on any atom is 0.345 e. The lowest BCUT2D eigenvalue weighted by atomic mass is 9.84. The first kappa shape index (κ1) is 28.0. The molecule has 9 heteroatoms. The Morgan fingerprint density at radius 3 is 1.93 bits per heavy atom. The lowest BCUT2D eigenvalue weighted by Crippen LogP contribution is -2.16. The zero-order valence-electron chi connectivity index (χ0n) is 23.1. The van der Waals surface area contributed by atoms with Gasteiger partial charge < -0.3 is 18.9 Å². The van der Waals surface area contributed by atoms with Gasteiger partial charge in [-0.2, -0.15) is 0 Å². The summed E-state index contributed by atoms with van der Waals surface area (Å²) in [4.78, 5) is 24.5.